The van der Waals surface area contributed by atoms with Crippen LogP contribution >= 0.6 is 12.6 Å². The van der Waals surface area contributed by atoms with Crippen LogP contribution in [0.15, 0.2) is 60.7 Å². The lowest BCUT2D eigenvalue weighted by molar-refractivity contribution is -0.142. The second kappa shape index (κ2) is 14.1. The maximum atomic E-state index is 13.1. The maximum absolute atomic E-state index is 13.1. The molecule has 3 amide bonds. The number of amides is 3. The van der Waals surface area contributed by atoms with Crippen LogP contribution in [0.5, 0.6) is 0 Å². The Balaban J connectivity index is 2.18. The van der Waals surface area contributed by atoms with Gasteiger partial charge in [0.25, 0.3) is 0 Å². The molecule has 0 bridgehead atoms. The Hall–Kier alpha value is -3.41. The first-order chi connectivity index (χ1) is 16.7. The fraction of sp³-hybridized carbons (Fsp3) is 0.333. The summed E-state index contributed by atoms with van der Waals surface area (Å²) in [5.74, 6) is -3.46. The van der Waals surface area contributed by atoms with E-state index in [2.05, 4.69) is 28.6 Å². The quantitative estimate of drug-likeness (QED) is 0.177. The zero-order valence-corrected chi connectivity index (χ0v) is 19.9. The molecule has 0 aliphatic rings. The Bertz CT molecular complexity index is 992. The average Bonchev–Trinajstić information content (AvgIpc) is 2.86. The molecule has 0 fully saturated rings. The van der Waals surface area contributed by atoms with Gasteiger partial charge in [0.2, 0.25) is 17.7 Å². The highest BCUT2D eigenvalue weighted by atomic mass is 32.1. The molecule has 4 unspecified atom stereocenters. The summed E-state index contributed by atoms with van der Waals surface area (Å²) in [7, 11) is 0. The SMILES string of the molecule is NC(CO)C(=O)NC(CS)C(=O)NC(Cc1ccccc1)C(=O)NC(Cc1ccccc1)C(=O)O. The minimum Gasteiger partial charge on any atom is -0.480 e. The summed E-state index contributed by atoms with van der Waals surface area (Å²) in [6.07, 6.45) is 0.141. The number of nitrogens with one attached hydrogen (secondary N) is 3. The number of aliphatic carboxylic acids is 1. The van der Waals surface area contributed by atoms with Gasteiger partial charge < -0.3 is 31.9 Å². The van der Waals surface area contributed by atoms with E-state index in [1.807, 2.05) is 0 Å². The smallest absolute Gasteiger partial charge is 0.326 e. The van der Waals surface area contributed by atoms with Gasteiger partial charge >= 0.3 is 5.97 Å². The summed E-state index contributed by atoms with van der Waals surface area (Å²) in [5.41, 5.74) is 6.94. The van der Waals surface area contributed by atoms with Crippen LogP contribution in [-0.2, 0) is 32.0 Å². The molecule has 10 nitrogen and oxygen atoms in total. The number of aliphatic hydroxyl groups is 1. The molecule has 2 rings (SSSR count). The molecule has 2 aromatic carbocycles. The number of nitrogens with two attached hydrogens (primary N) is 1. The molecular weight excluding hydrogens is 472 g/mol. The fourth-order valence-corrected chi connectivity index (χ4v) is 3.47. The number of hydrogen-bond acceptors (Lipinski definition) is 7. The van der Waals surface area contributed by atoms with Gasteiger partial charge in [0, 0.05) is 18.6 Å². The zero-order valence-electron chi connectivity index (χ0n) is 19.0. The highest BCUT2D eigenvalue weighted by Crippen LogP contribution is 2.07. The predicted octanol–water partition coefficient (Wildman–Crippen LogP) is -0.740. The minimum absolute atomic E-state index is 0.0578. The van der Waals surface area contributed by atoms with Gasteiger partial charge in [-0.2, -0.15) is 12.6 Å². The van der Waals surface area contributed by atoms with E-state index in [1.165, 1.54) is 0 Å². The summed E-state index contributed by atoms with van der Waals surface area (Å²) in [4.78, 5) is 49.8. The van der Waals surface area contributed by atoms with Crippen molar-refractivity contribution >= 4 is 36.3 Å². The number of hydrogen-bond donors (Lipinski definition) is 7. The molecule has 0 saturated carbocycles. The van der Waals surface area contributed by atoms with Gasteiger partial charge in [-0.25, -0.2) is 4.79 Å². The Labute approximate surface area is 208 Å². The van der Waals surface area contributed by atoms with Gasteiger partial charge in [0.05, 0.1) is 6.61 Å². The first kappa shape index (κ1) is 27.8. The van der Waals surface area contributed by atoms with E-state index in [-0.39, 0.29) is 18.6 Å². The molecule has 0 aromatic heterocycles. The molecule has 0 aliphatic heterocycles. The number of carboxylic acid groups (broad SMARTS) is 1. The third-order valence-corrected chi connectivity index (χ3v) is 5.53. The van der Waals surface area contributed by atoms with Crippen LogP contribution in [0.3, 0.4) is 0 Å². The van der Waals surface area contributed by atoms with Crippen molar-refractivity contribution in [3.05, 3.63) is 71.8 Å². The zero-order chi connectivity index (χ0) is 25.8. The molecule has 2 aromatic rings. The van der Waals surface area contributed by atoms with E-state index in [1.54, 1.807) is 60.7 Å². The van der Waals surface area contributed by atoms with Crippen molar-refractivity contribution in [3.8, 4) is 0 Å². The maximum Gasteiger partial charge on any atom is 0.326 e. The molecule has 7 N–H and O–H groups in total. The third-order valence-electron chi connectivity index (χ3n) is 5.16. The number of carbonyl (C=O) groups is 4. The van der Waals surface area contributed by atoms with Gasteiger partial charge in [0.1, 0.15) is 24.2 Å². The van der Waals surface area contributed by atoms with Gasteiger partial charge in [-0.05, 0) is 11.1 Å². The van der Waals surface area contributed by atoms with Crippen LogP contribution in [0, 0.1) is 0 Å². The topological polar surface area (TPSA) is 171 Å². The molecule has 0 aliphatic carbocycles. The summed E-state index contributed by atoms with van der Waals surface area (Å²) in [6, 6.07) is 13.0. The Kier molecular flexibility index (Phi) is 11.2. The number of rotatable bonds is 13. The second-order valence-electron chi connectivity index (χ2n) is 7.87. The first-order valence-electron chi connectivity index (χ1n) is 10.9. The molecule has 4 atom stereocenters. The molecule has 0 radical (unpaired) electrons. The number of carboxylic acids is 1. The van der Waals surface area contributed by atoms with Crippen LogP contribution in [0.25, 0.3) is 0 Å². The monoisotopic (exact) mass is 502 g/mol. The lowest BCUT2D eigenvalue weighted by Gasteiger charge is -2.24. The third kappa shape index (κ3) is 9.04. The molecule has 188 valence electrons. The minimum atomic E-state index is -1.22. The lowest BCUT2D eigenvalue weighted by Crippen LogP contribution is -2.58. The van der Waals surface area contributed by atoms with E-state index in [4.69, 9.17) is 10.8 Å². The van der Waals surface area contributed by atoms with E-state index in [0.717, 1.165) is 11.1 Å². The van der Waals surface area contributed by atoms with Crippen molar-refractivity contribution in [2.24, 2.45) is 5.73 Å². The summed E-state index contributed by atoms with van der Waals surface area (Å²) < 4.78 is 0. The van der Waals surface area contributed by atoms with Crippen LogP contribution in [0.4, 0.5) is 0 Å². The predicted molar refractivity (Wildman–Crippen MR) is 133 cm³/mol. The van der Waals surface area contributed by atoms with Crippen molar-refractivity contribution in [1.29, 1.82) is 0 Å². The number of thiol groups is 1. The van der Waals surface area contributed by atoms with Crippen molar-refractivity contribution in [2.75, 3.05) is 12.4 Å². The Morgan fingerprint density at radius 1 is 0.743 bits per heavy atom. The average molecular weight is 503 g/mol. The fourth-order valence-electron chi connectivity index (χ4n) is 3.21. The molecular formula is C24H30N4O6S. The van der Waals surface area contributed by atoms with Gasteiger partial charge in [-0.1, -0.05) is 60.7 Å². The van der Waals surface area contributed by atoms with Crippen LogP contribution in [0.1, 0.15) is 11.1 Å². The number of carbonyl (C=O) groups excluding carboxylic acids is 3. The van der Waals surface area contributed by atoms with Crippen molar-refractivity contribution in [2.45, 2.75) is 37.0 Å². The van der Waals surface area contributed by atoms with Crippen LogP contribution < -0.4 is 21.7 Å². The van der Waals surface area contributed by atoms with E-state index >= 15 is 0 Å². The normalized spacial score (nSPS) is 14.1. The summed E-state index contributed by atoms with van der Waals surface area (Å²) >= 11 is 4.08. The van der Waals surface area contributed by atoms with Crippen molar-refractivity contribution in [1.82, 2.24) is 16.0 Å². The molecule has 0 saturated heterocycles. The Morgan fingerprint density at radius 2 is 1.17 bits per heavy atom. The van der Waals surface area contributed by atoms with Gasteiger partial charge in [-0.3, -0.25) is 14.4 Å². The largest absolute Gasteiger partial charge is 0.480 e. The van der Waals surface area contributed by atoms with Gasteiger partial charge in [-0.15, -0.1) is 0 Å². The number of aliphatic hydroxyl groups excluding tert-OH is 1. The Morgan fingerprint density at radius 3 is 1.63 bits per heavy atom. The van der Waals surface area contributed by atoms with Crippen LogP contribution in [-0.4, -0.2) is 70.4 Å². The standard InChI is InChI=1S/C24H30N4O6S/c25-17(13-29)21(30)28-20(14-35)23(32)26-18(11-15-7-3-1-4-8-15)22(31)27-19(24(33)34)12-16-9-5-2-6-10-16/h1-10,17-20,29,35H,11-14,25H2,(H,26,32)(H,27,31)(H,28,30)(H,33,34). The van der Waals surface area contributed by atoms with Crippen molar-refractivity contribution < 1.29 is 29.4 Å². The van der Waals surface area contributed by atoms with E-state index in [9.17, 15) is 24.3 Å². The lowest BCUT2D eigenvalue weighted by atomic mass is 10.0. The van der Waals surface area contributed by atoms with Gasteiger partial charge in [0.15, 0.2) is 0 Å². The summed E-state index contributed by atoms with van der Waals surface area (Å²) in [6.45, 7) is -0.607. The van der Waals surface area contributed by atoms with Crippen molar-refractivity contribution in [3.63, 3.8) is 0 Å². The molecule has 0 spiro atoms. The highest BCUT2D eigenvalue weighted by Gasteiger charge is 2.30. The molecule has 0 heterocycles. The first-order valence-corrected chi connectivity index (χ1v) is 11.6. The van der Waals surface area contributed by atoms with E-state index in [0.29, 0.717) is 0 Å². The van der Waals surface area contributed by atoms with Crippen LogP contribution in [0.2, 0.25) is 0 Å². The van der Waals surface area contributed by atoms with E-state index < -0.39 is 54.5 Å². The highest BCUT2D eigenvalue weighted by molar-refractivity contribution is 7.80. The molecule has 11 heteroatoms. The molecule has 35 heavy (non-hydrogen) atoms. The number of benzene rings is 2. The summed E-state index contributed by atoms with van der Waals surface area (Å²) in [5, 5.41) is 26.1. The second-order valence-corrected chi connectivity index (χ2v) is 8.24.